The van der Waals surface area contributed by atoms with Gasteiger partial charge in [-0.25, -0.2) is 4.79 Å². The topological polar surface area (TPSA) is 112 Å². The van der Waals surface area contributed by atoms with Crippen molar-refractivity contribution in [2.75, 3.05) is 11.9 Å². The molecule has 2 rings (SSSR count). The fourth-order valence-corrected chi connectivity index (χ4v) is 2.43. The first kappa shape index (κ1) is 18.8. The molecule has 0 unspecified atom stereocenters. The molecule has 0 atom stereocenters. The number of halogens is 2. The van der Waals surface area contributed by atoms with E-state index in [0.29, 0.717) is 0 Å². The first-order chi connectivity index (χ1) is 11.8. The number of primary amides is 1. The number of furan rings is 1. The number of hydrogen-bond donors (Lipinski definition) is 2. The van der Waals surface area contributed by atoms with Crippen molar-refractivity contribution >= 4 is 46.9 Å². The van der Waals surface area contributed by atoms with Crippen molar-refractivity contribution in [2.45, 2.75) is 13.8 Å². The number of esters is 1. The summed E-state index contributed by atoms with van der Waals surface area (Å²) in [5, 5.41) is 2.87. The van der Waals surface area contributed by atoms with Crippen molar-refractivity contribution in [1.82, 2.24) is 0 Å². The second kappa shape index (κ2) is 7.58. The Kier molecular flexibility index (Phi) is 5.71. The van der Waals surface area contributed by atoms with E-state index in [0.717, 1.165) is 0 Å². The highest BCUT2D eigenvalue weighted by atomic mass is 35.5. The Morgan fingerprint density at radius 1 is 1.20 bits per heavy atom. The summed E-state index contributed by atoms with van der Waals surface area (Å²) >= 11 is 11.7. The van der Waals surface area contributed by atoms with Gasteiger partial charge in [-0.15, -0.1) is 0 Å². The molecular weight excluding hydrogens is 371 g/mol. The van der Waals surface area contributed by atoms with Gasteiger partial charge in [-0.2, -0.15) is 0 Å². The highest BCUT2D eigenvalue weighted by Gasteiger charge is 2.29. The number of ether oxygens (including phenoxy) is 1. The minimum Gasteiger partial charge on any atom is -0.462 e. The van der Waals surface area contributed by atoms with Crippen LogP contribution in [0.4, 0.5) is 5.88 Å². The largest absolute Gasteiger partial charge is 0.462 e. The fourth-order valence-electron chi connectivity index (χ4n) is 2.13. The maximum absolute atomic E-state index is 12.3. The molecule has 2 amide bonds. The average molecular weight is 385 g/mol. The molecule has 0 aliphatic carbocycles. The summed E-state index contributed by atoms with van der Waals surface area (Å²) in [6.45, 7) is 3.17. The number of amides is 2. The van der Waals surface area contributed by atoms with Gasteiger partial charge in [-0.1, -0.05) is 23.2 Å². The summed E-state index contributed by atoms with van der Waals surface area (Å²) in [6.07, 6.45) is 0. The molecule has 1 aromatic carbocycles. The van der Waals surface area contributed by atoms with Crippen LogP contribution in [0, 0.1) is 6.92 Å². The number of hydrogen-bond acceptors (Lipinski definition) is 5. The SMILES string of the molecule is CCOC(=O)c1c(C)oc(NC(=O)c2ccc(Cl)c(Cl)c2)c1C(N)=O. The van der Waals surface area contributed by atoms with E-state index in [4.69, 9.17) is 38.1 Å². The lowest BCUT2D eigenvalue weighted by atomic mass is 10.1. The minimum atomic E-state index is -0.940. The summed E-state index contributed by atoms with van der Waals surface area (Å²) in [6, 6.07) is 4.24. The Balaban J connectivity index is 2.40. The average Bonchev–Trinajstić information content (AvgIpc) is 2.86. The normalized spacial score (nSPS) is 10.4. The first-order valence-corrected chi connectivity index (χ1v) is 7.88. The lowest BCUT2D eigenvalue weighted by Crippen LogP contribution is -2.20. The minimum absolute atomic E-state index is 0.0942. The van der Waals surface area contributed by atoms with Crippen molar-refractivity contribution in [1.29, 1.82) is 0 Å². The number of nitrogens with one attached hydrogen (secondary N) is 1. The maximum atomic E-state index is 12.3. The van der Waals surface area contributed by atoms with Gasteiger partial charge in [0.25, 0.3) is 11.8 Å². The Hall–Kier alpha value is -2.51. The van der Waals surface area contributed by atoms with Gasteiger partial charge in [-0.05, 0) is 32.0 Å². The molecule has 0 spiro atoms. The van der Waals surface area contributed by atoms with E-state index in [1.807, 2.05) is 0 Å². The predicted molar refractivity (Wildman–Crippen MR) is 92.3 cm³/mol. The third kappa shape index (κ3) is 3.94. The van der Waals surface area contributed by atoms with Gasteiger partial charge in [0.1, 0.15) is 16.9 Å². The van der Waals surface area contributed by atoms with Crippen molar-refractivity contribution in [3.63, 3.8) is 0 Å². The van der Waals surface area contributed by atoms with Gasteiger partial charge in [-0.3, -0.25) is 14.9 Å². The summed E-state index contributed by atoms with van der Waals surface area (Å²) < 4.78 is 10.2. The fraction of sp³-hybridized carbons (Fsp3) is 0.188. The van der Waals surface area contributed by atoms with Gasteiger partial charge in [0.05, 0.1) is 16.7 Å². The number of carbonyl (C=O) groups is 3. The second-order valence-corrected chi connectivity index (χ2v) is 5.72. The van der Waals surface area contributed by atoms with Crippen molar-refractivity contribution in [3.05, 3.63) is 50.7 Å². The molecule has 7 nitrogen and oxygen atoms in total. The van der Waals surface area contributed by atoms with Crippen LogP contribution in [-0.2, 0) is 4.74 Å². The molecule has 0 fully saturated rings. The molecule has 25 heavy (non-hydrogen) atoms. The Morgan fingerprint density at radius 3 is 2.44 bits per heavy atom. The molecule has 0 bridgehead atoms. The summed E-state index contributed by atoms with van der Waals surface area (Å²) in [5.41, 5.74) is 5.12. The number of benzene rings is 1. The van der Waals surface area contributed by atoms with E-state index in [1.54, 1.807) is 6.92 Å². The molecule has 2 aromatic rings. The lowest BCUT2D eigenvalue weighted by Gasteiger charge is -2.05. The molecule has 1 aromatic heterocycles. The molecule has 0 radical (unpaired) electrons. The zero-order valence-corrected chi connectivity index (χ0v) is 14.8. The van der Waals surface area contributed by atoms with Gasteiger partial charge in [0, 0.05) is 5.56 Å². The van der Waals surface area contributed by atoms with E-state index in [-0.39, 0.29) is 45.0 Å². The van der Waals surface area contributed by atoms with Crippen LogP contribution < -0.4 is 11.1 Å². The molecule has 0 saturated carbocycles. The number of anilines is 1. The van der Waals surface area contributed by atoms with E-state index in [9.17, 15) is 14.4 Å². The maximum Gasteiger partial charge on any atom is 0.342 e. The van der Waals surface area contributed by atoms with Gasteiger partial charge in [0.2, 0.25) is 5.88 Å². The molecule has 0 saturated heterocycles. The number of nitrogens with two attached hydrogens (primary N) is 1. The van der Waals surface area contributed by atoms with E-state index >= 15 is 0 Å². The quantitative estimate of drug-likeness (QED) is 0.766. The van der Waals surface area contributed by atoms with Crippen LogP contribution in [0.15, 0.2) is 22.6 Å². The molecule has 0 aliphatic heterocycles. The van der Waals surface area contributed by atoms with Crippen LogP contribution >= 0.6 is 23.2 Å². The highest BCUT2D eigenvalue weighted by molar-refractivity contribution is 6.42. The summed E-state index contributed by atoms with van der Waals surface area (Å²) in [5.74, 6) is -2.48. The lowest BCUT2D eigenvalue weighted by molar-refractivity contribution is 0.0521. The number of carbonyl (C=O) groups excluding carboxylic acids is 3. The molecule has 1 heterocycles. The second-order valence-electron chi connectivity index (χ2n) is 4.91. The third-order valence-electron chi connectivity index (χ3n) is 3.22. The monoisotopic (exact) mass is 384 g/mol. The van der Waals surface area contributed by atoms with Crippen LogP contribution in [0.3, 0.4) is 0 Å². The number of aryl methyl sites for hydroxylation is 1. The zero-order chi connectivity index (χ0) is 18.7. The summed E-state index contributed by atoms with van der Waals surface area (Å²) in [7, 11) is 0. The highest BCUT2D eigenvalue weighted by Crippen LogP contribution is 2.29. The Morgan fingerprint density at radius 2 is 1.88 bits per heavy atom. The molecule has 9 heteroatoms. The van der Waals surface area contributed by atoms with Gasteiger partial charge >= 0.3 is 5.97 Å². The summed E-state index contributed by atoms with van der Waals surface area (Å²) in [4.78, 5) is 36.1. The Labute approximate surface area is 153 Å². The van der Waals surface area contributed by atoms with Gasteiger partial charge < -0.3 is 14.9 Å². The molecule has 3 N–H and O–H groups in total. The van der Waals surface area contributed by atoms with Crippen LogP contribution in [0.1, 0.15) is 43.8 Å². The van der Waals surface area contributed by atoms with Crippen molar-refractivity contribution in [2.24, 2.45) is 5.73 Å². The predicted octanol–water partition coefficient (Wildman–Crippen LogP) is 3.42. The zero-order valence-electron chi connectivity index (χ0n) is 13.3. The first-order valence-electron chi connectivity index (χ1n) is 7.13. The molecular formula is C16H14Cl2N2O5. The van der Waals surface area contributed by atoms with Gasteiger partial charge in [0.15, 0.2) is 0 Å². The smallest absolute Gasteiger partial charge is 0.342 e. The standard InChI is InChI=1S/C16H14Cl2N2O5/c1-3-24-16(23)11-7(2)25-15(12(11)13(19)21)20-14(22)8-4-5-9(17)10(18)6-8/h4-6H,3H2,1-2H3,(H2,19,21)(H,20,22). The Bertz CT molecular complexity index is 860. The van der Waals surface area contributed by atoms with E-state index in [1.165, 1.54) is 25.1 Å². The van der Waals surface area contributed by atoms with Crippen LogP contribution in [0.25, 0.3) is 0 Å². The number of rotatable bonds is 5. The van der Waals surface area contributed by atoms with Crippen molar-refractivity contribution in [3.8, 4) is 0 Å². The molecule has 0 aliphatic rings. The van der Waals surface area contributed by atoms with Crippen LogP contribution in [0.2, 0.25) is 10.0 Å². The van der Waals surface area contributed by atoms with Crippen LogP contribution in [-0.4, -0.2) is 24.4 Å². The molecule has 132 valence electrons. The van der Waals surface area contributed by atoms with E-state index < -0.39 is 17.8 Å². The van der Waals surface area contributed by atoms with E-state index in [2.05, 4.69) is 5.32 Å². The van der Waals surface area contributed by atoms with Crippen molar-refractivity contribution < 1.29 is 23.5 Å². The third-order valence-corrected chi connectivity index (χ3v) is 3.96. The van der Waals surface area contributed by atoms with Crippen LogP contribution in [0.5, 0.6) is 0 Å².